The zero-order valence-electron chi connectivity index (χ0n) is 13.8. The van der Waals surface area contributed by atoms with Crippen molar-refractivity contribution in [2.45, 2.75) is 49.9 Å². The molecule has 2 saturated heterocycles. The first-order valence-corrected chi connectivity index (χ1v) is 10.3. The Morgan fingerprint density at radius 2 is 1.68 bits per heavy atom. The number of rotatable bonds is 15. The number of hydrogen-bond donors (Lipinski definition) is 0. The minimum Gasteiger partial charge on any atom is -0.383 e. The molecule has 0 bridgehead atoms. The third-order valence-corrected chi connectivity index (χ3v) is 5.43. The standard InChI is InChI=1S/C15H30O6Si/c1-16-15(17-2)4-3-12(19-9-14-10-21-14)5-6-22-11-18-7-13-8-20-13/h12-15H,3-11,22H2,1-2H3. The smallest absolute Gasteiger partial charge is 0.156 e. The molecule has 0 aliphatic carbocycles. The van der Waals surface area contributed by atoms with E-state index in [1.165, 1.54) is 6.04 Å². The molecule has 22 heavy (non-hydrogen) atoms. The Bertz CT molecular complexity index is 281. The summed E-state index contributed by atoms with van der Waals surface area (Å²) in [4.78, 5) is 0. The fraction of sp³-hybridized carbons (Fsp3) is 1.00. The van der Waals surface area contributed by atoms with Gasteiger partial charge in [0.15, 0.2) is 6.29 Å². The molecule has 3 unspecified atom stereocenters. The van der Waals surface area contributed by atoms with Crippen LogP contribution in [-0.4, -0.2) is 81.0 Å². The van der Waals surface area contributed by atoms with Gasteiger partial charge >= 0.3 is 0 Å². The highest BCUT2D eigenvalue weighted by molar-refractivity contribution is 6.35. The number of epoxide rings is 2. The Morgan fingerprint density at radius 3 is 2.32 bits per heavy atom. The Labute approximate surface area is 135 Å². The lowest BCUT2D eigenvalue weighted by atomic mass is 10.1. The summed E-state index contributed by atoms with van der Waals surface area (Å²) >= 11 is 0. The van der Waals surface area contributed by atoms with Gasteiger partial charge in [-0.3, -0.25) is 0 Å². The average Bonchev–Trinajstić information content (AvgIpc) is 3.42. The summed E-state index contributed by atoms with van der Waals surface area (Å²) in [6, 6.07) is 1.24. The van der Waals surface area contributed by atoms with Crippen LogP contribution in [-0.2, 0) is 28.4 Å². The highest BCUT2D eigenvalue weighted by Crippen LogP contribution is 2.17. The van der Waals surface area contributed by atoms with Crippen LogP contribution >= 0.6 is 0 Å². The molecule has 2 rings (SSSR count). The maximum atomic E-state index is 5.99. The second-order valence-corrected chi connectivity index (χ2v) is 7.74. The van der Waals surface area contributed by atoms with E-state index in [0.717, 1.165) is 45.3 Å². The lowest BCUT2D eigenvalue weighted by Gasteiger charge is -2.20. The van der Waals surface area contributed by atoms with Crippen molar-refractivity contribution in [2.24, 2.45) is 0 Å². The van der Waals surface area contributed by atoms with Crippen LogP contribution in [0.25, 0.3) is 0 Å². The molecule has 6 nitrogen and oxygen atoms in total. The summed E-state index contributed by atoms with van der Waals surface area (Å²) in [6.07, 6.45) is 4.70. The van der Waals surface area contributed by atoms with Crippen molar-refractivity contribution in [3.63, 3.8) is 0 Å². The van der Waals surface area contributed by atoms with Gasteiger partial charge in [-0.25, -0.2) is 0 Å². The predicted molar refractivity (Wildman–Crippen MR) is 85.0 cm³/mol. The molecule has 3 atom stereocenters. The van der Waals surface area contributed by atoms with Gasteiger partial charge < -0.3 is 28.4 Å². The number of ether oxygens (including phenoxy) is 6. The summed E-state index contributed by atoms with van der Waals surface area (Å²) in [7, 11) is 3.19. The summed E-state index contributed by atoms with van der Waals surface area (Å²) in [5, 5.41) is 0. The van der Waals surface area contributed by atoms with Crippen LogP contribution in [0, 0.1) is 0 Å². The molecule has 2 aliphatic heterocycles. The van der Waals surface area contributed by atoms with Gasteiger partial charge in [-0.15, -0.1) is 0 Å². The normalized spacial score (nSPS) is 25.2. The summed E-state index contributed by atoms with van der Waals surface area (Å²) in [5.74, 6) is 0. The monoisotopic (exact) mass is 334 g/mol. The highest BCUT2D eigenvalue weighted by atomic mass is 28.2. The van der Waals surface area contributed by atoms with Crippen molar-refractivity contribution in [1.29, 1.82) is 0 Å². The molecule has 2 aliphatic rings. The molecular weight excluding hydrogens is 304 g/mol. The van der Waals surface area contributed by atoms with E-state index >= 15 is 0 Å². The maximum absolute atomic E-state index is 5.99. The van der Waals surface area contributed by atoms with E-state index in [2.05, 4.69) is 0 Å². The van der Waals surface area contributed by atoms with Gasteiger partial charge in [0.25, 0.3) is 0 Å². The first-order chi connectivity index (χ1) is 10.8. The quantitative estimate of drug-likeness (QED) is 0.188. The largest absolute Gasteiger partial charge is 0.383 e. The summed E-state index contributed by atoms with van der Waals surface area (Å²) in [6.45, 7) is 3.21. The van der Waals surface area contributed by atoms with Crippen molar-refractivity contribution < 1.29 is 28.4 Å². The van der Waals surface area contributed by atoms with E-state index in [1.54, 1.807) is 14.2 Å². The van der Waals surface area contributed by atoms with Crippen LogP contribution in [0.2, 0.25) is 6.04 Å². The van der Waals surface area contributed by atoms with Crippen molar-refractivity contribution in [2.75, 3.05) is 46.9 Å². The van der Waals surface area contributed by atoms with Gasteiger partial charge in [0.1, 0.15) is 12.2 Å². The molecule has 0 saturated carbocycles. The van der Waals surface area contributed by atoms with E-state index < -0.39 is 0 Å². The number of methoxy groups -OCH3 is 2. The second-order valence-electron chi connectivity index (χ2n) is 5.92. The van der Waals surface area contributed by atoms with E-state index in [9.17, 15) is 0 Å². The fourth-order valence-corrected chi connectivity index (χ4v) is 3.65. The van der Waals surface area contributed by atoms with Crippen molar-refractivity contribution in [3.8, 4) is 0 Å². The van der Waals surface area contributed by atoms with E-state index in [-0.39, 0.29) is 21.9 Å². The van der Waals surface area contributed by atoms with Gasteiger partial charge in [-0.2, -0.15) is 0 Å². The Kier molecular flexibility index (Phi) is 8.91. The van der Waals surface area contributed by atoms with Crippen LogP contribution in [0.4, 0.5) is 0 Å². The van der Waals surface area contributed by atoms with E-state index in [0.29, 0.717) is 18.8 Å². The molecule has 2 fully saturated rings. The topological polar surface area (TPSA) is 62.0 Å². The maximum Gasteiger partial charge on any atom is 0.156 e. The number of hydrogen-bond acceptors (Lipinski definition) is 6. The zero-order chi connectivity index (χ0) is 15.6. The molecule has 0 aromatic rings. The van der Waals surface area contributed by atoms with Crippen LogP contribution in [0.15, 0.2) is 0 Å². The molecule has 130 valence electrons. The van der Waals surface area contributed by atoms with Crippen LogP contribution in [0.5, 0.6) is 0 Å². The minimum absolute atomic E-state index is 0.137. The van der Waals surface area contributed by atoms with Crippen LogP contribution < -0.4 is 0 Å². The van der Waals surface area contributed by atoms with Crippen molar-refractivity contribution in [1.82, 2.24) is 0 Å². The second kappa shape index (κ2) is 10.7. The van der Waals surface area contributed by atoms with Gasteiger partial charge in [-0.1, -0.05) is 6.04 Å². The van der Waals surface area contributed by atoms with Crippen molar-refractivity contribution >= 4 is 9.52 Å². The first kappa shape index (κ1) is 18.3. The molecule has 0 amide bonds. The van der Waals surface area contributed by atoms with Crippen molar-refractivity contribution in [3.05, 3.63) is 0 Å². The molecule has 2 heterocycles. The molecular formula is C15H30O6Si. The first-order valence-electron chi connectivity index (χ1n) is 8.30. The molecule has 0 aromatic heterocycles. The summed E-state index contributed by atoms with van der Waals surface area (Å²) in [5.41, 5.74) is 0. The van der Waals surface area contributed by atoms with E-state index in [1.807, 2.05) is 0 Å². The fourth-order valence-electron chi connectivity index (χ4n) is 2.33. The third-order valence-electron chi connectivity index (χ3n) is 3.94. The Morgan fingerprint density at radius 1 is 1.00 bits per heavy atom. The molecule has 0 N–H and O–H groups in total. The minimum atomic E-state index is -0.166. The van der Waals surface area contributed by atoms with Gasteiger partial charge in [0, 0.05) is 26.9 Å². The molecule has 0 spiro atoms. The van der Waals surface area contributed by atoms with Gasteiger partial charge in [0.05, 0.1) is 42.1 Å². The van der Waals surface area contributed by atoms with Crippen LogP contribution in [0.3, 0.4) is 0 Å². The van der Waals surface area contributed by atoms with Gasteiger partial charge in [0.2, 0.25) is 0 Å². The molecule has 7 heteroatoms. The lowest BCUT2D eigenvalue weighted by molar-refractivity contribution is -0.113. The third kappa shape index (κ3) is 8.57. The Balaban J connectivity index is 1.53. The van der Waals surface area contributed by atoms with E-state index in [4.69, 9.17) is 28.4 Å². The zero-order valence-corrected chi connectivity index (χ0v) is 15.2. The highest BCUT2D eigenvalue weighted by Gasteiger charge is 2.25. The SMILES string of the molecule is COC(CCC(CC[SiH2]COCC1CO1)OCC1CO1)OC. The van der Waals surface area contributed by atoms with Crippen LogP contribution in [0.1, 0.15) is 19.3 Å². The summed E-state index contributed by atoms with van der Waals surface area (Å²) < 4.78 is 32.4. The molecule has 0 aromatic carbocycles. The Hall–Kier alpha value is -0.0231. The van der Waals surface area contributed by atoms with Gasteiger partial charge in [-0.05, 0) is 12.8 Å². The predicted octanol–water partition coefficient (Wildman–Crippen LogP) is 0.520. The lowest BCUT2D eigenvalue weighted by Crippen LogP contribution is -2.22. The molecule has 0 radical (unpaired) electrons. The average molecular weight is 334 g/mol.